The van der Waals surface area contributed by atoms with Crippen molar-refractivity contribution >= 4 is 59.1 Å². The van der Waals surface area contributed by atoms with Crippen LogP contribution >= 0.6 is 38.2 Å². The first-order valence-electron chi connectivity index (χ1n) is 12.3. The highest BCUT2D eigenvalue weighted by molar-refractivity contribution is 9.10. The van der Waals surface area contributed by atoms with E-state index in [1.807, 2.05) is 20.8 Å². The number of halogens is 5. The van der Waals surface area contributed by atoms with Crippen molar-refractivity contribution in [2.24, 2.45) is 4.36 Å². The first-order chi connectivity index (χ1) is 18.6. The highest BCUT2D eigenvalue weighted by Crippen LogP contribution is 2.57. The summed E-state index contributed by atoms with van der Waals surface area (Å²) in [5, 5.41) is 5.06. The molecule has 0 aliphatic rings. The zero-order chi connectivity index (χ0) is 30.4. The number of pyridine rings is 1. The molecule has 40 heavy (non-hydrogen) atoms. The fourth-order valence-electron chi connectivity index (χ4n) is 4.20. The van der Waals surface area contributed by atoms with Crippen molar-refractivity contribution in [1.29, 1.82) is 0 Å². The van der Waals surface area contributed by atoms with Crippen LogP contribution in [0.25, 0.3) is 0 Å². The Bertz CT molecular complexity index is 1330. The van der Waals surface area contributed by atoms with Gasteiger partial charge in [-0.3, -0.25) is 10.1 Å². The molecule has 7 nitrogen and oxygen atoms in total. The Morgan fingerprint density at radius 3 is 2.20 bits per heavy atom. The minimum atomic E-state index is -4.71. The Morgan fingerprint density at radius 2 is 1.70 bits per heavy atom. The molecule has 2 rings (SSSR count). The number of rotatable bonds is 11. The van der Waals surface area contributed by atoms with Crippen molar-refractivity contribution < 1.29 is 26.6 Å². The maximum atomic E-state index is 16.5. The van der Waals surface area contributed by atoms with Crippen LogP contribution in [0.4, 0.5) is 17.6 Å². The highest BCUT2D eigenvalue weighted by atomic mass is 79.9. The van der Waals surface area contributed by atoms with Crippen LogP contribution in [-0.2, 0) is 15.5 Å². The number of amides is 1. The maximum absolute atomic E-state index is 16.5. The molecule has 0 aliphatic heterocycles. The molecule has 1 aromatic heterocycles. The predicted octanol–water partition coefficient (Wildman–Crippen LogP) is 5.89. The minimum Gasteiger partial charge on any atom is -0.350 e. The van der Waals surface area contributed by atoms with E-state index < -0.39 is 55.7 Å². The van der Waals surface area contributed by atoms with Gasteiger partial charge in [-0.15, -0.1) is 0 Å². The van der Waals surface area contributed by atoms with E-state index in [0.29, 0.717) is 32.3 Å². The lowest BCUT2D eigenvalue weighted by atomic mass is 9.99. The number of carbonyl (C=O) groups is 1. The van der Waals surface area contributed by atoms with Gasteiger partial charge in [-0.05, 0) is 77.6 Å². The monoisotopic (exact) mass is 687 g/mol. The second kappa shape index (κ2) is 13.9. The number of nitrogens with one attached hydrogen (secondary N) is 3. The molecule has 0 saturated carbocycles. The van der Waals surface area contributed by atoms with E-state index in [1.165, 1.54) is 14.0 Å². The van der Waals surface area contributed by atoms with E-state index in [9.17, 15) is 22.2 Å². The Morgan fingerprint density at radius 1 is 1.12 bits per heavy atom. The lowest BCUT2D eigenvalue weighted by Gasteiger charge is -2.40. The lowest BCUT2D eigenvalue weighted by Crippen LogP contribution is -2.54. The summed E-state index contributed by atoms with van der Waals surface area (Å²) < 4.78 is 75.1. The van der Waals surface area contributed by atoms with Crippen LogP contribution in [0.3, 0.4) is 0 Å². The fourth-order valence-corrected chi connectivity index (χ4v) is 9.78. The van der Waals surface area contributed by atoms with Crippen molar-refractivity contribution in [3.8, 4) is 0 Å². The molecule has 0 fully saturated rings. The topological polar surface area (TPSA) is 95.5 Å². The molecule has 3 N–H and O–H groups in total. The minimum absolute atomic E-state index is 0.217. The number of alkyl halides is 3. The van der Waals surface area contributed by atoms with Crippen LogP contribution in [0, 0.1) is 5.82 Å². The molecule has 1 aromatic carbocycles. The molecule has 2 aromatic rings. The SMILES string of the molecule is CCS(CC)(CC)c1cc(Br)nc([C@](C)(CS(=O)(=NCC(F)(F)F)NC)NC(=S)NC(=O)c2ccccc2)c1F. The van der Waals surface area contributed by atoms with Crippen molar-refractivity contribution in [3.63, 3.8) is 0 Å². The molecule has 0 spiro atoms. The van der Waals surface area contributed by atoms with Crippen molar-refractivity contribution in [2.45, 2.75) is 44.3 Å². The average molecular weight is 689 g/mol. The summed E-state index contributed by atoms with van der Waals surface area (Å²) in [7, 11) is -4.20. The molecule has 0 aliphatic carbocycles. The third-order valence-electron chi connectivity index (χ3n) is 6.45. The van der Waals surface area contributed by atoms with Gasteiger partial charge in [-0.2, -0.15) is 13.2 Å². The van der Waals surface area contributed by atoms with Crippen LogP contribution in [0.2, 0.25) is 0 Å². The van der Waals surface area contributed by atoms with Gasteiger partial charge in [0.25, 0.3) is 5.91 Å². The van der Waals surface area contributed by atoms with Crippen LogP contribution in [0.1, 0.15) is 43.7 Å². The molecule has 1 amide bonds. The molecular formula is C25H34BrF4N5O2S3. The van der Waals surface area contributed by atoms with Crippen LogP contribution in [0.5, 0.6) is 0 Å². The Kier molecular flexibility index (Phi) is 12.0. The summed E-state index contributed by atoms with van der Waals surface area (Å²) >= 11 is 8.71. The smallest absolute Gasteiger partial charge is 0.350 e. The van der Waals surface area contributed by atoms with Gasteiger partial charge in [0.05, 0.1) is 11.3 Å². The van der Waals surface area contributed by atoms with E-state index >= 15 is 4.39 Å². The van der Waals surface area contributed by atoms with E-state index in [0.717, 1.165) is 0 Å². The number of thiocarbonyl (C=S) groups is 1. The first-order valence-corrected chi connectivity index (χ1v) is 17.4. The van der Waals surface area contributed by atoms with E-state index in [1.54, 1.807) is 36.4 Å². The van der Waals surface area contributed by atoms with Crippen molar-refractivity contribution in [2.75, 3.05) is 36.6 Å². The lowest BCUT2D eigenvalue weighted by molar-refractivity contribution is -0.117. The average Bonchev–Trinajstić information content (AvgIpc) is 2.90. The summed E-state index contributed by atoms with van der Waals surface area (Å²) in [6, 6.07) is 9.78. The second-order valence-electron chi connectivity index (χ2n) is 9.01. The third-order valence-corrected chi connectivity index (χ3v) is 13.8. The third kappa shape index (κ3) is 8.60. The number of hydrogen-bond donors (Lipinski definition) is 3. The molecule has 15 heteroatoms. The fraction of sp³-hybridized carbons (Fsp3) is 0.480. The summed E-state index contributed by atoms with van der Waals surface area (Å²) in [5.74, 6) is 0.181. The number of aromatic nitrogens is 1. The zero-order valence-corrected chi connectivity index (χ0v) is 26.9. The van der Waals surface area contributed by atoms with Gasteiger partial charge in [0, 0.05) is 10.5 Å². The van der Waals surface area contributed by atoms with E-state index in [-0.39, 0.29) is 10.8 Å². The standard InChI is InChI=1S/C25H34BrF4N5O2S3/c1-6-39(7-2,8-3)18-14-19(26)33-21(20(18)27)24(4,16-40(37,31-5)32-15-25(28,29)30)35-23(38)34-22(36)17-12-10-9-11-13-17/h9-14H,6-8,15-16H2,1-5H3,(H,31,32,37)(H2,34,35,36,38)/t24-,40?/m0/s1. The summed E-state index contributed by atoms with van der Waals surface area (Å²) in [6.45, 7) is 5.67. The van der Waals surface area contributed by atoms with Gasteiger partial charge in [0.1, 0.15) is 26.8 Å². The van der Waals surface area contributed by atoms with Gasteiger partial charge < -0.3 is 5.32 Å². The van der Waals surface area contributed by atoms with Gasteiger partial charge in [-0.25, -0.2) is 32.7 Å². The molecule has 0 saturated heterocycles. The quantitative estimate of drug-likeness (QED) is 0.156. The number of nitrogens with zero attached hydrogens (tertiary/aromatic N) is 2. The van der Waals surface area contributed by atoms with Crippen molar-refractivity contribution in [1.82, 2.24) is 20.3 Å². The van der Waals surface area contributed by atoms with Crippen LogP contribution < -0.4 is 15.4 Å². The number of benzene rings is 1. The van der Waals surface area contributed by atoms with Gasteiger partial charge in [0.15, 0.2) is 10.9 Å². The van der Waals surface area contributed by atoms with E-state index in [2.05, 4.69) is 40.6 Å². The molecule has 224 valence electrons. The maximum Gasteiger partial charge on any atom is 0.408 e. The highest BCUT2D eigenvalue weighted by Gasteiger charge is 2.40. The first kappa shape index (κ1) is 34.4. The van der Waals surface area contributed by atoms with Gasteiger partial charge in [-0.1, -0.05) is 39.0 Å². The molecule has 0 radical (unpaired) electrons. The normalized spacial score (nSPS) is 15.4. The van der Waals surface area contributed by atoms with Gasteiger partial charge in [0.2, 0.25) is 0 Å². The number of carbonyl (C=O) groups excluding carboxylic acids is 1. The Labute approximate surface area is 248 Å². The summed E-state index contributed by atoms with van der Waals surface area (Å²) in [5.41, 5.74) is -1.69. The molecule has 1 unspecified atom stereocenters. The molecule has 2 atom stereocenters. The molecule has 1 heterocycles. The Hall–Kier alpha value is -1.81. The Balaban J connectivity index is 2.70. The van der Waals surface area contributed by atoms with Crippen LogP contribution in [-0.4, -0.2) is 63.0 Å². The van der Waals surface area contributed by atoms with E-state index in [4.69, 9.17) is 12.2 Å². The van der Waals surface area contributed by atoms with Crippen molar-refractivity contribution in [3.05, 3.63) is 58.1 Å². The number of hydrogen-bond acceptors (Lipinski definition) is 5. The second-order valence-corrected chi connectivity index (χ2v) is 16.7. The predicted molar refractivity (Wildman–Crippen MR) is 162 cm³/mol. The van der Waals surface area contributed by atoms with Crippen LogP contribution in [0.15, 0.2) is 50.3 Å². The summed E-state index contributed by atoms with van der Waals surface area (Å²) in [4.78, 5) is 17.5. The van der Waals surface area contributed by atoms with Gasteiger partial charge >= 0.3 is 6.18 Å². The molecular weight excluding hydrogens is 654 g/mol. The largest absolute Gasteiger partial charge is 0.408 e. The zero-order valence-electron chi connectivity index (χ0n) is 22.8. The summed E-state index contributed by atoms with van der Waals surface area (Å²) in [6.07, 6.45) is -4.71. The molecule has 0 bridgehead atoms.